The van der Waals surface area contributed by atoms with Gasteiger partial charge in [0.2, 0.25) is 0 Å². The maximum absolute atomic E-state index is 10.7. The van der Waals surface area contributed by atoms with E-state index in [9.17, 15) is 4.79 Å². The highest BCUT2D eigenvalue weighted by Crippen LogP contribution is 2.32. The summed E-state index contributed by atoms with van der Waals surface area (Å²) >= 11 is 0. The van der Waals surface area contributed by atoms with Crippen LogP contribution in [0.25, 0.3) is 0 Å². The second-order valence-electron chi connectivity index (χ2n) is 4.99. The first-order valence-electron chi connectivity index (χ1n) is 7.60. The third-order valence-corrected chi connectivity index (χ3v) is 3.44. The van der Waals surface area contributed by atoms with Crippen molar-refractivity contribution in [1.82, 2.24) is 0 Å². The summed E-state index contributed by atoms with van der Waals surface area (Å²) < 4.78 is 11.2. The van der Waals surface area contributed by atoms with Gasteiger partial charge < -0.3 is 20.0 Å². The Balaban J connectivity index is 0.00000127. The molecule has 0 aliphatic heterocycles. The van der Waals surface area contributed by atoms with Gasteiger partial charge in [-0.15, -0.1) is 0 Å². The van der Waals surface area contributed by atoms with Crippen LogP contribution >= 0.6 is 0 Å². The summed E-state index contributed by atoms with van der Waals surface area (Å²) in [5.74, 6) is 1.58. The zero-order valence-electron chi connectivity index (χ0n) is 14.0. The van der Waals surface area contributed by atoms with Gasteiger partial charge >= 0.3 is 0 Å². The van der Waals surface area contributed by atoms with E-state index in [1.54, 1.807) is 7.11 Å². The van der Waals surface area contributed by atoms with Crippen LogP contribution in [0, 0.1) is 0 Å². The molecule has 0 amide bonds. The Labute approximate surface area is 138 Å². The number of carbonyl (C=O) groups excluding carboxylic acids is 1. The van der Waals surface area contributed by atoms with Crippen molar-refractivity contribution in [2.75, 3.05) is 14.2 Å². The molecular formula is C19H25NO3. The van der Waals surface area contributed by atoms with E-state index >= 15 is 0 Å². The second kappa shape index (κ2) is 10.4. The Kier molecular flexibility index (Phi) is 8.47. The van der Waals surface area contributed by atoms with Gasteiger partial charge in [-0.2, -0.15) is 0 Å². The molecule has 0 spiro atoms. The maximum atomic E-state index is 10.7. The molecule has 2 rings (SSSR count). The standard InChI is InChI=1S/C18H20O3.CH5N/c1-14(10-11-19)16-8-9-17(20-2)18(12-16)21-13-15-6-4-3-5-7-15;1-2/h3-9,11-12,14H,10,13H2,1-2H3;2H2,1H3. The first kappa shape index (κ1) is 18.7. The summed E-state index contributed by atoms with van der Waals surface area (Å²) in [6.07, 6.45) is 1.45. The van der Waals surface area contributed by atoms with Crippen molar-refractivity contribution in [3.05, 3.63) is 59.7 Å². The van der Waals surface area contributed by atoms with Crippen LogP contribution in [0.4, 0.5) is 0 Å². The topological polar surface area (TPSA) is 61.5 Å². The number of carbonyl (C=O) groups is 1. The van der Waals surface area contributed by atoms with Crippen LogP contribution in [0.5, 0.6) is 11.5 Å². The highest BCUT2D eigenvalue weighted by atomic mass is 16.5. The van der Waals surface area contributed by atoms with Gasteiger partial charge in [0.1, 0.15) is 12.9 Å². The van der Waals surface area contributed by atoms with Gasteiger partial charge in [-0.3, -0.25) is 0 Å². The molecule has 2 aromatic carbocycles. The monoisotopic (exact) mass is 315 g/mol. The zero-order valence-corrected chi connectivity index (χ0v) is 14.0. The number of hydrogen-bond donors (Lipinski definition) is 1. The predicted octanol–water partition coefficient (Wildman–Crippen LogP) is 3.54. The lowest BCUT2D eigenvalue weighted by Crippen LogP contribution is -2.00. The van der Waals surface area contributed by atoms with Crippen LogP contribution < -0.4 is 15.2 Å². The van der Waals surface area contributed by atoms with Crippen LogP contribution in [-0.2, 0) is 11.4 Å². The van der Waals surface area contributed by atoms with E-state index in [0.717, 1.165) is 17.4 Å². The number of rotatable bonds is 7. The van der Waals surface area contributed by atoms with E-state index in [0.29, 0.717) is 24.5 Å². The van der Waals surface area contributed by atoms with Gasteiger partial charge in [0.05, 0.1) is 7.11 Å². The molecule has 0 aliphatic carbocycles. The van der Waals surface area contributed by atoms with Crippen LogP contribution in [0.3, 0.4) is 0 Å². The third kappa shape index (κ3) is 5.75. The lowest BCUT2D eigenvalue weighted by molar-refractivity contribution is -0.108. The van der Waals surface area contributed by atoms with Gasteiger partial charge in [-0.1, -0.05) is 43.3 Å². The van der Waals surface area contributed by atoms with Crippen LogP contribution in [0.1, 0.15) is 30.4 Å². The Morgan fingerprint density at radius 2 is 1.78 bits per heavy atom. The van der Waals surface area contributed by atoms with E-state index in [1.165, 1.54) is 7.05 Å². The van der Waals surface area contributed by atoms with Crippen molar-refractivity contribution in [2.45, 2.75) is 25.9 Å². The van der Waals surface area contributed by atoms with Crippen molar-refractivity contribution in [3.63, 3.8) is 0 Å². The van der Waals surface area contributed by atoms with E-state index < -0.39 is 0 Å². The van der Waals surface area contributed by atoms with Gasteiger partial charge in [0.25, 0.3) is 0 Å². The average Bonchev–Trinajstić information content (AvgIpc) is 2.62. The van der Waals surface area contributed by atoms with Gasteiger partial charge in [0.15, 0.2) is 11.5 Å². The molecule has 0 radical (unpaired) electrons. The van der Waals surface area contributed by atoms with Crippen molar-refractivity contribution in [1.29, 1.82) is 0 Å². The summed E-state index contributed by atoms with van der Waals surface area (Å²) in [5, 5.41) is 0. The Bertz CT molecular complexity index is 584. The van der Waals surface area contributed by atoms with E-state index in [-0.39, 0.29) is 5.92 Å². The smallest absolute Gasteiger partial charge is 0.161 e. The molecule has 0 saturated heterocycles. The van der Waals surface area contributed by atoms with Gasteiger partial charge in [-0.25, -0.2) is 0 Å². The molecule has 4 nitrogen and oxygen atoms in total. The fraction of sp³-hybridized carbons (Fsp3) is 0.316. The van der Waals surface area contributed by atoms with Crippen LogP contribution in [0.2, 0.25) is 0 Å². The molecule has 0 aliphatic rings. The fourth-order valence-electron chi connectivity index (χ4n) is 2.13. The third-order valence-electron chi connectivity index (χ3n) is 3.44. The van der Waals surface area contributed by atoms with Crippen molar-refractivity contribution in [2.24, 2.45) is 5.73 Å². The summed E-state index contributed by atoms with van der Waals surface area (Å²) in [7, 11) is 3.12. The lowest BCUT2D eigenvalue weighted by Gasteiger charge is -2.15. The molecule has 4 heteroatoms. The first-order valence-corrected chi connectivity index (χ1v) is 7.60. The molecular weight excluding hydrogens is 290 g/mol. The SMILES string of the molecule is CN.COc1ccc(C(C)CC=O)cc1OCc1ccccc1. The fourth-order valence-corrected chi connectivity index (χ4v) is 2.13. The Hall–Kier alpha value is -2.33. The summed E-state index contributed by atoms with van der Waals surface area (Å²) in [4.78, 5) is 10.7. The number of hydrogen-bond acceptors (Lipinski definition) is 4. The lowest BCUT2D eigenvalue weighted by atomic mass is 9.98. The Morgan fingerprint density at radius 3 is 2.39 bits per heavy atom. The second-order valence-corrected chi connectivity index (χ2v) is 4.99. The van der Waals surface area contributed by atoms with Gasteiger partial charge in [-0.05, 0) is 36.2 Å². The molecule has 1 atom stereocenters. The highest BCUT2D eigenvalue weighted by molar-refractivity contribution is 5.52. The number of methoxy groups -OCH3 is 1. The van der Waals surface area contributed by atoms with Crippen molar-refractivity contribution >= 4 is 6.29 Å². The first-order chi connectivity index (χ1) is 11.2. The zero-order chi connectivity index (χ0) is 17.1. The number of benzene rings is 2. The molecule has 0 heterocycles. The predicted molar refractivity (Wildman–Crippen MR) is 93.0 cm³/mol. The van der Waals surface area contributed by atoms with Crippen LogP contribution in [0.15, 0.2) is 48.5 Å². The van der Waals surface area contributed by atoms with Crippen molar-refractivity contribution < 1.29 is 14.3 Å². The molecule has 1 unspecified atom stereocenters. The Morgan fingerprint density at radius 1 is 1.09 bits per heavy atom. The normalized spacial score (nSPS) is 11.0. The van der Waals surface area contributed by atoms with Gasteiger partial charge in [0, 0.05) is 6.42 Å². The molecule has 0 fully saturated rings. The number of aldehydes is 1. The largest absolute Gasteiger partial charge is 0.493 e. The molecule has 2 aromatic rings. The van der Waals surface area contributed by atoms with E-state index in [1.807, 2.05) is 55.5 Å². The average molecular weight is 315 g/mol. The van der Waals surface area contributed by atoms with Crippen molar-refractivity contribution in [3.8, 4) is 11.5 Å². The minimum Gasteiger partial charge on any atom is -0.493 e. The number of nitrogens with two attached hydrogens (primary N) is 1. The molecule has 0 aromatic heterocycles. The molecule has 2 N–H and O–H groups in total. The molecule has 23 heavy (non-hydrogen) atoms. The van der Waals surface area contributed by atoms with E-state index in [2.05, 4.69) is 5.73 Å². The summed E-state index contributed by atoms with van der Waals surface area (Å²) in [6, 6.07) is 15.8. The summed E-state index contributed by atoms with van der Waals surface area (Å²) in [5.41, 5.74) is 6.68. The summed E-state index contributed by atoms with van der Waals surface area (Å²) in [6.45, 7) is 2.51. The molecule has 0 bridgehead atoms. The molecule has 124 valence electrons. The van der Waals surface area contributed by atoms with E-state index in [4.69, 9.17) is 9.47 Å². The van der Waals surface area contributed by atoms with Crippen LogP contribution in [-0.4, -0.2) is 20.4 Å². The number of ether oxygens (including phenoxy) is 2. The highest BCUT2D eigenvalue weighted by Gasteiger charge is 2.10. The maximum Gasteiger partial charge on any atom is 0.161 e. The minimum atomic E-state index is 0.174. The quantitative estimate of drug-likeness (QED) is 0.794. The minimum absolute atomic E-state index is 0.174. The molecule has 0 saturated carbocycles.